The summed E-state index contributed by atoms with van der Waals surface area (Å²) in [6, 6.07) is 7.07. The van der Waals surface area contributed by atoms with Crippen molar-refractivity contribution in [2.45, 2.75) is 39.0 Å². The summed E-state index contributed by atoms with van der Waals surface area (Å²) in [6.45, 7) is 2.41. The monoisotopic (exact) mass is 279 g/mol. The first-order valence-electron chi connectivity index (χ1n) is 6.86. The maximum Gasteiger partial charge on any atom is 0.303 e. The molecular weight excluding hydrogens is 258 g/mol. The molecule has 1 amide bonds. The number of carboxylic acids is 1. The van der Waals surface area contributed by atoms with Crippen LogP contribution in [0, 0.1) is 0 Å². The summed E-state index contributed by atoms with van der Waals surface area (Å²) in [7, 11) is 0. The first kappa shape index (κ1) is 16.0. The Morgan fingerprint density at radius 1 is 1.15 bits per heavy atom. The zero-order valence-electron chi connectivity index (χ0n) is 11.7. The number of hydrogen-bond acceptors (Lipinski definition) is 3. The smallest absolute Gasteiger partial charge is 0.303 e. The lowest BCUT2D eigenvalue weighted by molar-refractivity contribution is -0.137. The van der Waals surface area contributed by atoms with Crippen LogP contribution in [0.2, 0.25) is 0 Å². The van der Waals surface area contributed by atoms with E-state index in [2.05, 4.69) is 5.32 Å². The SMILES string of the molecule is CCCCC(=O)Nc1ccc(OCCCC(=O)O)cc1. The Hall–Kier alpha value is -2.04. The molecule has 110 valence electrons. The van der Waals surface area contributed by atoms with Crippen molar-refractivity contribution in [1.82, 2.24) is 0 Å². The minimum absolute atomic E-state index is 0.0157. The van der Waals surface area contributed by atoms with Gasteiger partial charge < -0.3 is 15.2 Å². The number of unbranched alkanes of at least 4 members (excludes halogenated alkanes) is 1. The van der Waals surface area contributed by atoms with E-state index in [1.165, 1.54) is 0 Å². The van der Waals surface area contributed by atoms with Gasteiger partial charge in [0.25, 0.3) is 0 Å². The molecule has 0 atom stereocenters. The zero-order valence-corrected chi connectivity index (χ0v) is 11.7. The Kier molecular flexibility index (Phi) is 7.17. The van der Waals surface area contributed by atoms with Gasteiger partial charge in [0.15, 0.2) is 0 Å². The second kappa shape index (κ2) is 8.96. The molecule has 0 aliphatic carbocycles. The van der Waals surface area contributed by atoms with Crippen molar-refractivity contribution in [3.63, 3.8) is 0 Å². The summed E-state index contributed by atoms with van der Waals surface area (Å²) in [6.07, 6.45) is 2.99. The van der Waals surface area contributed by atoms with Crippen LogP contribution >= 0.6 is 0 Å². The number of carbonyl (C=O) groups is 2. The molecule has 0 saturated carbocycles. The largest absolute Gasteiger partial charge is 0.494 e. The molecule has 1 aromatic carbocycles. The number of aliphatic carboxylic acids is 1. The van der Waals surface area contributed by atoms with Crippen molar-refractivity contribution in [3.05, 3.63) is 24.3 Å². The summed E-state index contributed by atoms with van der Waals surface area (Å²) in [5, 5.41) is 11.3. The predicted octanol–water partition coefficient (Wildman–Crippen LogP) is 3.06. The number of amides is 1. The highest BCUT2D eigenvalue weighted by atomic mass is 16.5. The Bertz CT molecular complexity index is 428. The van der Waals surface area contributed by atoms with E-state index in [0.717, 1.165) is 18.5 Å². The van der Waals surface area contributed by atoms with Gasteiger partial charge in [0.2, 0.25) is 5.91 Å². The van der Waals surface area contributed by atoms with Gasteiger partial charge in [0, 0.05) is 18.5 Å². The highest BCUT2D eigenvalue weighted by Crippen LogP contribution is 2.16. The van der Waals surface area contributed by atoms with Gasteiger partial charge in [0.05, 0.1) is 6.61 Å². The topological polar surface area (TPSA) is 75.6 Å². The summed E-state index contributed by atoms with van der Waals surface area (Å²) < 4.78 is 5.41. The van der Waals surface area contributed by atoms with Crippen LogP contribution in [0.25, 0.3) is 0 Å². The van der Waals surface area contributed by atoms with Crippen LogP contribution in [-0.4, -0.2) is 23.6 Å². The molecule has 1 aromatic rings. The molecule has 0 heterocycles. The number of nitrogens with one attached hydrogen (secondary N) is 1. The normalized spacial score (nSPS) is 10.1. The summed E-state index contributed by atoms with van der Waals surface area (Å²) in [4.78, 5) is 21.9. The number of carboxylic acid groups (broad SMARTS) is 1. The lowest BCUT2D eigenvalue weighted by Crippen LogP contribution is -2.10. The summed E-state index contributed by atoms with van der Waals surface area (Å²) >= 11 is 0. The van der Waals surface area contributed by atoms with Crippen LogP contribution < -0.4 is 10.1 Å². The third-order valence-corrected chi connectivity index (χ3v) is 2.70. The van der Waals surface area contributed by atoms with Crippen molar-refractivity contribution < 1.29 is 19.4 Å². The van der Waals surface area contributed by atoms with Gasteiger partial charge in [0.1, 0.15) is 5.75 Å². The van der Waals surface area contributed by atoms with E-state index in [4.69, 9.17) is 9.84 Å². The average Bonchev–Trinajstić information content (AvgIpc) is 2.43. The van der Waals surface area contributed by atoms with E-state index in [1.807, 2.05) is 6.92 Å². The van der Waals surface area contributed by atoms with E-state index < -0.39 is 5.97 Å². The number of anilines is 1. The molecule has 0 unspecified atom stereocenters. The quantitative estimate of drug-likeness (QED) is 0.681. The minimum Gasteiger partial charge on any atom is -0.494 e. The van der Waals surface area contributed by atoms with E-state index in [0.29, 0.717) is 25.2 Å². The molecule has 2 N–H and O–H groups in total. The molecule has 0 bridgehead atoms. The number of rotatable bonds is 9. The maximum atomic E-state index is 11.5. The molecule has 0 aromatic heterocycles. The average molecular weight is 279 g/mol. The minimum atomic E-state index is -0.821. The molecule has 1 rings (SSSR count). The van der Waals surface area contributed by atoms with Crippen LogP contribution in [0.15, 0.2) is 24.3 Å². The fourth-order valence-corrected chi connectivity index (χ4v) is 1.61. The Morgan fingerprint density at radius 3 is 2.45 bits per heavy atom. The molecule has 0 fully saturated rings. The standard InChI is InChI=1S/C15H21NO4/c1-2-3-5-14(17)16-12-7-9-13(10-8-12)20-11-4-6-15(18)19/h7-10H,2-6,11H2,1H3,(H,16,17)(H,18,19). The highest BCUT2D eigenvalue weighted by Gasteiger charge is 2.02. The molecule has 20 heavy (non-hydrogen) atoms. The van der Waals surface area contributed by atoms with E-state index in [9.17, 15) is 9.59 Å². The third kappa shape index (κ3) is 6.78. The van der Waals surface area contributed by atoms with Crippen LogP contribution in [0.1, 0.15) is 39.0 Å². The molecule has 0 spiro atoms. The highest BCUT2D eigenvalue weighted by molar-refractivity contribution is 5.90. The fourth-order valence-electron chi connectivity index (χ4n) is 1.61. The van der Waals surface area contributed by atoms with E-state index >= 15 is 0 Å². The summed E-state index contributed by atoms with van der Waals surface area (Å²) in [5.41, 5.74) is 0.740. The Labute approximate surface area is 118 Å². The second-order valence-electron chi connectivity index (χ2n) is 4.52. The number of carbonyl (C=O) groups excluding carboxylic acids is 1. The van der Waals surface area contributed by atoms with Gasteiger partial charge in [-0.15, -0.1) is 0 Å². The molecular formula is C15H21NO4. The van der Waals surface area contributed by atoms with Gasteiger partial charge in [-0.1, -0.05) is 13.3 Å². The van der Waals surface area contributed by atoms with Crippen LogP contribution in [-0.2, 0) is 9.59 Å². The Morgan fingerprint density at radius 2 is 1.85 bits per heavy atom. The van der Waals surface area contributed by atoms with Crippen molar-refractivity contribution in [2.75, 3.05) is 11.9 Å². The first-order chi connectivity index (χ1) is 9.61. The predicted molar refractivity (Wildman–Crippen MR) is 77.0 cm³/mol. The van der Waals surface area contributed by atoms with Gasteiger partial charge in [-0.2, -0.15) is 0 Å². The van der Waals surface area contributed by atoms with E-state index in [-0.39, 0.29) is 12.3 Å². The van der Waals surface area contributed by atoms with Crippen LogP contribution in [0.4, 0.5) is 5.69 Å². The van der Waals surface area contributed by atoms with Gasteiger partial charge in [-0.25, -0.2) is 0 Å². The van der Waals surface area contributed by atoms with Crippen molar-refractivity contribution in [2.24, 2.45) is 0 Å². The molecule has 5 nitrogen and oxygen atoms in total. The maximum absolute atomic E-state index is 11.5. The molecule has 0 aliphatic rings. The van der Waals surface area contributed by atoms with Gasteiger partial charge in [-0.3, -0.25) is 9.59 Å². The van der Waals surface area contributed by atoms with Crippen LogP contribution in [0.3, 0.4) is 0 Å². The zero-order chi connectivity index (χ0) is 14.8. The van der Waals surface area contributed by atoms with Crippen molar-refractivity contribution >= 4 is 17.6 Å². The lowest BCUT2D eigenvalue weighted by atomic mass is 10.2. The van der Waals surface area contributed by atoms with Gasteiger partial charge in [-0.05, 0) is 37.1 Å². The Balaban J connectivity index is 2.32. The third-order valence-electron chi connectivity index (χ3n) is 2.70. The summed E-state index contributed by atoms with van der Waals surface area (Å²) in [5.74, 6) is -0.136. The number of benzene rings is 1. The fraction of sp³-hybridized carbons (Fsp3) is 0.467. The van der Waals surface area contributed by atoms with E-state index in [1.54, 1.807) is 24.3 Å². The number of ether oxygens (including phenoxy) is 1. The molecule has 0 aliphatic heterocycles. The van der Waals surface area contributed by atoms with Gasteiger partial charge >= 0.3 is 5.97 Å². The van der Waals surface area contributed by atoms with Crippen molar-refractivity contribution in [1.29, 1.82) is 0 Å². The second-order valence-corrected chi connectivity index (χ2v) is 4.52. The first-order valence-corrected chi connectivity index (χ1v) is 6.86. The van der Waals surface area contributed by atoms with Crippen molar-refractivity contribution in [3.8, 4) is 5.75 Å². The van der Waals surface area contributed by atoms with Crippen LogP contribution in [0.5, 0.6) is 5.75 Å². The lowest BCUT2D eigenvalue weighted by Gasteiger charge is -2.07. The molecule has 0 radical (unpaired) electrons. The number of hydrogen-bond donors (Lipinski definition) is 2. The molecule has 0 saturated heterocycles. The molecule has 5 heteroatoms.